The van der Waals surface area contributed by atoms with Crippen molar-refractivity contribution in [2.45, 2.75) is 19.8 Å². The molecule has 0 spiro atoms. The molecule has 0 aliphatic heterocycles. The highest BCUT2D eigenvalue weighted by Gasteiger charge is 2.13. The maximum Gasteiger partial charge on any atom is 0.163 e. The standard InChI is InChI=1S/C19H20O4/c1-13-4-6-14(7-5-13)16(20)9-10-17(21)15-8-11-18(22-2)19(12-15)23-3/h4-8,11-12H,9-10H2,1-3H3. The molecule has 4 nitrogen and oxygen atoms in total. The lowest BCUT2D eigenvalue weighted by molar-refractivity contribution is 0.0917. The van der Waals surface area contributed by atoms with E-state index in [1.807, 2.05) is 19.1 Å². The summed E-state index contributed by atoms with van der Waals surface area (Å²) < 4.78 is 10.3. The summed E-state index contributed by atoms with van der Waals surface area (Å²) in [4.78, 5) is 24.4. The Labute approximate surface area is 136 Å². The molecule has 0 atom stereocenters. The molecule has 23 heavy (non-hydrogen) atoms. The van der Waals surface area contributed by atoms with Crippen molar-refractivity contribution in [2.24, 2.45) is 0 Å². The predicted molar refractivity (Wildman–Crippen MR) is 88.6 cm³/mol. The Kier molecular flexibility index (Phi) is 5.52. The van der Waals surface area contributed by atoms with Gasteiger partial charge < -0.3 is 9.47 Å². The smallest absolute Gasteiger partial charge is 0.163 e. The number of hydrogen-bond acceptors (Lipinski definition) is 4. The fraction of sp³-hybridized carbons (Fsp3) is 0.263. The highest BCUT2D eigenvalue weighted by molar-refractivity contribution is 6.02. The van der Waals surface area contributed by atoms with Gasteiger partial charge in [0.2, 0.25) is 0 Å². The average Bonchev–Trinajstić information content (AvgIpc) is 2.59. The van der Waals surface area contributed by atoms with Crippen molar-refractivity contribution in [1.29, 1.82) is 0 Å². The third-order valence-electron chi connectivity index (χ3n) is 3.66. The molecule has 2 rings (SSSR count). The third kappa shape index (κ3) is 4.19. The van der Waals surface area contributed by atoms with E-state index in [4.69, 9.17) is 9.47 Å². The Balaban J connectivity index is 2.02. The van der Waals surface area contributed by atoms with Gasteiger partial charge >= 0.3 is 0 Å². The van der Waals surface area contributed by atoms with Gasteiger partial charge in [-0.25, -0.2) is 0 Å². The Morgan fingerprint density at radius 2 is 1.30 bits per heavy atom. The molecule has 0 aromatic heterocycles. The van der Waals surface area contributed by atoms with E-state index in [0.717, 1.165) is 5.56 Å². The average molecular weight is 312 g/mol. The zero-order valence-corrected chi connectivity index (χ0v) is 13.6. The molecule has 120 valence electrons. The van der Waals surface area contributed by atoms with E-state index in [1.54, 1.807) is 37.4 Å². The summed E-state index contributed by atoms with van der Waals surface area (Å²) >= 11 is 0. The first-order valence-corrected chi connectivity index (χ1v) is 7.40. The molecule has 2 aromatic carbocycles. The second-order valence-corrected chi connectivity index (χ2v) is 5.28. The molecule has 0 saturated heterocycles. The van der Waals surface area contributed by atoms with Crippen molar-refractivity contribution in [1.82, 2.24) is 0 Å². The zero-order chi connectivity index (χ0) is 16.8. The van der Waals surface area contributed by atoms with E-state index in [-0.39, 0.29) is 24.4 Å². The third-order valence-corrected chi connectivity index (χ3v) is 3.66. The number of methoxy groups -OCH3 is 2. The van der Waals surface area contributed by atoms with Gasteiger partial charge in [-0.05, 0) is 25.1 Å². The van der Waals surface area contributed by atoms with Gasteiger partial charge in [0.1, 0.15) is 0 Å². The normalized spacial score (nSPS) is 10.2. The number of carbonyl (C=O) groups excluding carboxylic acids is 2. The molecular weight excluding hydrogens is 292 g/mol. The second-order valence-electron chi connectivity index (χ2n) is 5.28. The number of aryl methyl sites for hydroxylation is 1. The topological polar surface area (TPSA) is 52.6 Å². The number of Topliss-reactive ketones (excluding diaryl/α,β-unsaturated/α-hetero) is 2. The summed E-state index contributed by atoms with van der Waals surface area (Å²) in [6.07, 6.45) is 0.360. The molecule has 2 aromatic rings. The summed E-state index contributed by atoms with van der Waals surface area (Å²) in [6, 6.07) is 12.4. The number of ether oxygens (including phenoxy) is 2. The van der Waals surface area contributed by atoms with E-state index >= 15 is 0 Å². The number of benzene rings is 2. The van der Waals surface area contributed by atoms with Crippen LogP contribution in [0, 0.1) is 6.92 Å². The van der Waals surface area contributed by atoms with Crippen molar-refractivity contribution in [3.05, 3.63) is 59.2 Å². The van der Waals surface area contributed by atoms with Crippen LogP contribution >= 0.6 is 0 Å². The minimum Gasteiger partial charge on any atom is -0.493 e. The lowest BCUT2D eigenvalue weighted by atomic mass is 10.0. The lowest BCUT2D eigenvalue weighted by Crippen LogP contribution is -2.06. The monoisotopic (exact) mass is 312 g/mol. The van der Waals surface area contributed by atoms with Crippen LogP contribution in [0.4, 0.5) is 0 Å². The molecule has 0 saturated carbocycles. The van der Waals surface area contributed by atoms with E-state index < -0.39 is 0 Å². The summed E-state index contributed by atoms with van der Waals surface area (Å²) in [5.74, 6) is 0.952. The van der Waals surface area contributed by atoms with Crippen LogP contribution in [0.25, 0.3) is 0 Å². The van der Waals surface area contributed by atoms with Crippen molar-refractivity contribution in [2.75, 3.05) is 14.2 Å². The predicted octanol–water partition coefficient (Wildman–Crippen LogP) is 3.86. The van der Waals surface area contributed by atoms with Gasteiger partial charge in [-0.1, -0.05) is 29.8 Å². The van der Waals surface area contributed by atoms with E-state index in [1.165, 1.54) is 7.11 Å². The van der Waals surface area contributed by atoms with Gasteiger partial charge in [-0.2, -0.15) is 0 Å². The van der Waals surface area contributed by atoms with Gasteiger partial charge in [0, 0.05) is 24.0 Å². The maximum atomic E-state index is 12.3. The molecule has 0 unspecified atom stereocenters. The van der Waals surface area contributed by atoms with Gasteiger partial charge in [0.05, 0.1) is 14.2 Å². The number of rotatable bonds is 7. The lowest BCUT2D eigenvalue weighted by Gasteiger charge is -2.09. The highest BCUT2D eigenvalue weighted by Crippen LogP contribution is 2.28. The Bertz CT molecular complexity index is 702. The first-order valence-electron chi connectivity index (χ1n) is 7.40. The quantitative estimate of drug-likeness (QED) is 0.729. The van der Waals surface area contributed by atoms with Crippen LogP contribution in [0.5, 0.6) is 11.5 Å². The summed E-state index contributed by atoms with van der Waals surface area (Å²) in [5, 5.41) is 0. The van der Waals surface area contributed by atoms with E-state index in [0.29, 0.717) is 22.6 Å². The van der Waals surface area contributed by atoms with Crippen LogP contribution in [0.2, 0.25) is 0 Å². The molecule has 0 radical (unpaired) electrons. The SMILES string of the molecule is COc1ccc(C(=O)CCC(=O)c2ccc(C)cc2)cc1OC. The molecule has 0 N–H and O–H groups in total. The van der Waals surface area contributed by atoms with Gasteiger partial charge in [-0.3, -0.25) is 9.59 Å². The molecule has 0 aliphatic rings. The van der Waals surface area contributed by atoms with Gasteiger partial charge in [0.15, 0.2) is 23.1 Å². The molecule has 0 amide bonds. The maximum absolute atomic E-state index is 12.3. The number of hydrogen-bond donors (Lipinski definition) is 0. The molecule has 4 heteroatoms. The van der Waals surface area contributed by atoms with E-state index in [2.05, 4.69) is 0 Å². The summed E-state index contributed by atoms with van der Waals surface area (Å²) in [5.41, 5.74) is 2.25. The number of ketones is 2. The summed E-state index contributed by atoms with van der Waals surface area (Å²) in [7, 11) is 3.06. The highest BCUT2D eigenvalue weighted by atomic mass is 16.5. The minimum absolute atomic E-state index is 0.0289. The minimum atomic E-state index is -0.0913. The van der Waals surface area contributed by atoms with Crippen molar-refractivity contribution in [3.63, 3.8) is 0 Å². The van der Waals surface area contributed by atoms with Gasteiger partial charge in [-0.15, -0.1) is 0 Å². The van der Waals surface area contributed by atoms with Crippen LogP contribution < -0.4 is 9.47 Å². The molecule has 0 bridgehead atoms. The second kappa shape index (κ2) is 7.58. The van der Waals surface area contributed by atoms with Crippen molar-refractivity contribution in [3.8, 4) is 11.5 Å². The Morgan fingerprint density at radius 3 is 1.87 bits per heavy atom. The van der Waals surface area contributed by atoms with Crippen LogP contribution in [0.3, 0.4) is 0 Å². The first kappa shape index (κ1) is 16.7. The fourth-order valence-corrected chi connectivity index (χ4v) is 2.26. The zero-order valence-electron chi connectivity index (χ0n) is 13.6. The van der Waals surface area contributed by atoms with E-state index in [9.17, 15) is 9.59 Å². The molecule has 0 fully saturated rings. The summed E-state index contributed by atoms with van der Waals surface area (Å²) in [6.45, 7) is 1.97. The largest absolute Gasteiger partial charge is 0.493 e. The molecular formula is C19H20O4. The first-order chi connectivity index (χ1) is 11.0. The Hall–Kier alpha value is -2.62. The fourth-order valence-electron chi connectivity index (χ4n) is 2.26. The molecule has 0 aliphatic carbocycles. The van der Waals surface area contributed by atoms with Crippen molar-refractivity contribution >= 4 is 11.6 Å². The van der Waals surface area contributed by atoms with Gasteiger partial charge in [0.25, 0.3) is 0 Å². The van der Waals surface area contributed by atoms with Crippen molar-refractivity contribution < 1.29 is 19.1 Å². The van der Waals surface area contributed by atoms with Crippen LogP contribution in [0.15, 0.2) is 42.5 Å². The molecule has 0 heterocycles. The number of carbonyl (C=O) groups is 2. The Morgan fingerprint density at radius 1 is 0.783 bits per heavy atom. The van der Waals surface area contributed by atoms with Crippen LogP contribution in [0.1, 0.15) is 39.1 Å². The van der Waals surface area contributed by atoms with Crippen LogP contribution in [-0.4, -0.2) is 25.8 Å². The van der Waals surface area contributed by atoms with Crippen LogP contribution in [-0.2, 0) is 0 Å².